The monoisotopic (exact) mass is 530 g/mol. The highest BCUT2D eigenvalue weighted by Crippen LogP contribution is 2.24. The molecule has 1 saturated heterocycles. The van der Waals surface area contributed by atoms with E-state index in [1.165, 1.54) is 11.1 Å². The summed E-state index contributed by atoms with van der Waals surface area (Å²) in [6.45, 7) is 17.2. The van der Waals surface area contributed by atoms with Gasteiger partial charge in [0.1, 0.15) is 11.5 Å². The topological polar surface area (TPSA) is 83.9 Å². The number of aromatic hydroxyl groups is 2. The van der Waals surface area contributed by atoms with Gasteiger partial charge in [0.25, 0.3) is 0 Å². The van der Waals surface area contributed by atoms with Gasteiger partial charge in [-0.25, -0.2) is 0 Å². The van der Waals surface area contributed by atoms with Crippen molar-refractivity contribution in [2.24, 2.45) is 0 Å². The fourth-order valence-electron chi connectivity index (χ4n) is 4.75. The molecule has 0 aromatic heterocycles. The maximum Gasteiger partial charge on any atom is 0.121 e. The quantitative estimate of drug-likeness (QED) is 0.619. The Morgan fingerprint density at radius 2 is 0.763 bits per heavy atom. The Morgan fingerprint density at radius 3 is 1.03 bits per heavy atom. The van der Waals surface area contributed by atoms with Crippen molar-refractivity contribution in [1.29, 1.82) is 0 Å². The first-order valence-corrected chi connectivity index (χ1v) is 13.7. The van der Waals surface area contributed by atoms with Crippen LogP contribution in [0.5, 0.6) is 11.5 Å². The summed E-state index contributed by atoms with van der Waals surface area (Å²) < 4.78 is 23.5. The Balaban J connectivity index is 1.50. The zero-order valence-corrected chi connectivity index (χ0v) is 23.6. The van der Waals surface area contributed by atoms with Crippen molar-refractivity contribution in [1.82, 2.24) is 9.80 Å². The maximum absolute atomic E-state index is 10.1. The maximum atomic E-state index is 10.1. The van der Waals surface area contributed by atoms with Crippen LogP contribution in [0.2, 0.25) is 0 Å². The minimum absolute atomic E-state index is 0.369. The van der Waals surface area contributed by atoms with E-state index in [0.29, 0.717) is 64.4 Å². The van der Waals surface area contributed by atoms with Gasteiger partial charge < -0.3 is 29.2 Å². The molecule has 0 atom stereocenters. The summed E-state index contributed by atoms with van der Waals surface area (Å²) in [7, 11) is 0. The van der Waals surface area contributed by atoms with Gasteiger partial charge in [0.2, 0.25) is 0 Å². The first kappa shape index (κ1) is 30.3. The summed E-state index contributed by atoms with van der Waals surface area (Å²) in [5, 5.41) is 20.2. The Labute approximate surface area is 228 Å². The Bertz CT molecular complexity index is 853. The van der Waals surface area contributed by atoms with Crippen LogP contribution >= 0.6 is 0 Å². The average Bonchev–Trinajstić information content (AvgIpc) is 2.87. The first-order chi connectivity index (χ1) is 18.3. The van der Waals surface area contributed by atoms with E-state index >= 15 is 0 Å². The smallest absolute Gasteiger partial charge is 0.121 e. The molecule has 0 amide bonds. The number of nitrogens with zero attached hydrogens (tertiary/aromatic N) is 2. The van der Waals surface area contributed by atoms with E-state index in [9.17, 15) is 10.2 Å². The number of benzene rings is 2. The molecule has 0 spiro atoms. The molecule has 0 aliphatic carbocycles. The van der Waals surface area contributed by atoms with Crippen LogP contribution in [-0.4, -0.2) is 99.0 Å². The first-order valence-electron chi connectivity index (χ1n) is 13.7. The van der Waals surface area contributed by atoms with E-state index in [4.69, 9.17) is 18.9 Å². The molecule has 8 heteroatoms. The van der Waals surface area contributed by atoms with Crippen molar-refractivity contribution in [3.05, 3.63) is 57.6 Å². The van der Waals surface area contributed by atoms with Gasteiger partial charge >= 0.3 is 0 Å². The highest BCUT2D eigenvalue weighted by atomic mass is 16.5. The Kier molecular flexibility index (Phi) is 12.8. The number of phenols is 2. The third-order valence-corrected chi connectivity index (χ3v) is 6.87. The fourth-order valence-corrected chi connectivity index (χ4v) is 4.75. The predicted molar refractivity (Wildman–Crippen MR) is 149 cm³/mol. The number of phenolic OH excluding ortho intramolecular Hbond substituents is 2. The van der Waals surface area contributed by atoms with Crippen molar-refractivity contribution < 1.29 is 29.2 Å². The molecule has 38 heavy (non-hydrogen) atoms. The summed E-state index contributed by atoms with van der Waals surface area (Å²) in [6.07, 6.45) is 0. The van der Waals surface area contributed by atoms with Crippen LogP contribution in [0.25, 0.3) is 0 Å². The molecule has 8 nitrogen and oxygen atoms in total. The summed E-state index contributed by atoms with van der Waals surface area (Å²) in [6, 6.07) is 8.18. The van der Waals surface area contributed by atoms with Gasteiger partial charge in [-0.1, -0.05) is 24.3 Å². The van der Waals surface area contributed by atoms with Gasteiger partial charge in [-0.15, -0.1) is 0 Å². The summed E-state index contributed by atoms with van der Waals surface area (Å²) >= 11 is 0. The van der Waals surface area contributed by atoms with E-state index in [-0.39, 0.29) is 0 Å². The second kappa shape index (κ2) is 16.0. The molecule has 3 rings (SSSR count). The molecule has 0 bridgehead atoms. The zero-order valence-electron chi connectivity index (χ0n) is 23.6. The van der Waals surface area contributed by atoms with Gasteiger partial charge in [-0.3, -0.25) is 9.80 Å². The molecular formula is C30H46N2O6. The summed E-state index contributed by atoms with van der Waals surface area (Å²) in [5.74, 6) is 0.739. The van der Waals surface area contributed by atoms with E-state index in [2.05, 4.69) is 9.80 Å². The summed E-state index contributed by atoms with van der Waals surface area (Å²) in [4.78, 5) is 4.64. The van der Waals surface area contributed by atoms with Crippen LogP contribution in [0.1, 0.15) is 33.4 Å². The third-order valence-electron chi connectivity index (χ3n) is 6.87. The molecule has 0 saturated carbocycles. The van der Waals surface area contributed by atoms with Crippen molar-refractivity contribution >= 4 is 0 Å². The van der Waals surface area contributed by atoms with Gasteiger partial charge in [0.15, 0.2) is 0 Å². The molecule has 1 heterocycles. The minimum Gasteiger partial charge on any atom is -0.507 e. The lowest BCUT2D eigenvalue weighted by Crippen LogP contribution is -2.32. The van der Waals surface area contributed by atoms with Crippen LogP contribution in [0.15, 0.2) is 24.3 Å². The highest BCUT2D eigenvalue weighted by Gasteiger charge is 2.12. The normalized spacial score (nSPS) is 18.6. The van der Waals surface area contributed by atoms with Crippen molar-refractivity contribution in [3.8, 4) is 11.5 Å². The van der Waals surface area contributed by atoms with Crippen molar-refractivity contribution in [3.63, 3.8) is 0 Å². The van der Waals surface area contributed by atoms with Crippen LogP contribution in [0.4, 0.5) is 0 Å². The lowest BCUT2D eigenvalue weighted by Gasteiger charge is -2.24. The number of ether oxygens (including phenoxy) is 4. The minimum atomic E-state index is 0.369. The van der Waals surface area contributed by atoms with E-state index in [1.807, 2.05) is 52.0 Å². The van der Waals surface area contributed by atoms with Crippen LogP contribution < -0.4 is 0 Å². The summed E-state index contributed by atoms with van der Waals surface area (Å²) in [5.41, 5.74) is 5.94. The van der Waals surface area contributed by atoms with E-state index < -0.39 is 0 Å². The highest BCUT2D eigenvalue weighted by molar-refractivity contribution is 5.42. The standard InChI is InChI=1S/C30H46N2O6/c1-23-17-27(18-24(2)29(23)33)21-31-5-9-35-13-15-37-11-7-32(8-12-38-16-14-36-10-6-31)22-28-19-25(3)30(34)26(4)20-28/h17-20,33-34H,5-16,21-22H2,1-4H3. The molecule has 2 aromatic carbocycles. The van der Waals surface area contributed by atoms with Crippen molar-refractivity contribution in [2.75, 3.05) is 79.0 Å². The second-order valence-electron chi connectivity index (χ2n) is 10.2. The van der Waals surface area contributed by atoms with Crippen LogP contribution in [0, 0.1) is 27.7 Å². The number of hydrogen-bond acceptors (Lipinski definition) is 8. The molecule has 2 N–H and O–H groups in total. The van der Waals surface area contributed by atoms with Gasteiger partial charge in [-0.2, -0.15) is 0 Å². The zero-order chi connectivity index (χ0) is 27.3. The van der Waals surface area contributed by atoms with Crippen LogP contribution in [0.3, 0.4) is 0 Å². The molecule has 212 valence electrons. The molecule has 0 unspecified atom stereocenters. The molecule has 1 aliphatic rings. The Hall–Kier alpha value is -2.20. The molecule has 1 aliphatic heterocycles. The van der Waals surface area contributed by atoms with Gasteiger partial charge in [0, 0.05) is 39.3 Å². The molecule has 2 aromatic rings. The lowest BCUT2D eigenvalue weighted by molar-refractivity contribution is 0.00623. The van der Waals surface area contributed by atoms with E-state index in [1.54, 1.807) is 0 Å². The molecular weight excluding hydrogens is 484 g/mol. The molecule has 1 fully saturated rings. The number of aryl methyl sites for hydroxylation is 4. The fraction of sp³-hybridized carbons (Fsp3) is 0.600. The number of hydrogen-bond donors (Lipinski definition) is 2. The second-order valence-corrected chi connectivity index (χ2v) is 10.2. The van der Waals surface area contributed by atoms with E-state index in [0.717, 1.165) is 61.5 Å². The lowest BCUT2D eigenvalue weighted by atomic mass is 10.1. The molecule has 0 radical (unpaired) electrons. The Morgan fingerprint density at radius 1 is 0.500 bits per heavy atom. The van der Waals surface area contributed by atoms with Crippen molar-refractivity contribution in [2.45, 2.75) is 40.8 Å². The number of rotatable bonds is 4. The van der Waals surface area contributed by atoms with Crippen LogP contribution in [-0.2, 0) is 32.0 Å². The average molecular weight is 531 g/mol. The van der Waals surface area contributed by atoms with Gasteiger partial charge in [-0.05, 0) is 61.1 Å². The third kappa shape index (κ3) is 10.2. The predicted octanol–water partition coefficient (Wildman–Crippen LogP) is 3.72. The largest absolute Gasteiger partial charge is 0.507 e. The van der Waals surface area contributed by atoms with Gasteiger partial charge in [0.05, 0.1) is 52.9 Å². The SMILES string of the molecule is Cc1cc(CN2CCOCCOCCN(Cc3cc(C)c(O)c(C)c3)CCOCCOCC2)cc(C)c1O.